The number of sulfonamides is 1. The summed E-state index contributed by atoms with van der Waals surface area (Å²) in [5.41, 5.74) is 1.51. The summed E-state index contributed by atoms with van der Waals surface area (Å²) < 4.78 is 27.8. The Morgan fingerprint density at radius 2 is 1.30 bits per heavy atom. The van der Waals surface area contributed by atoms with Gasteiger partial charge in [0.05, 0.1) is 10.9 Å². The Bertz CT molecular complexity index is 977. The van der Waals surface area contributed by atoms with Crippen LogP contribution in [0.4, 0.5) is 0 Å². The highest BCUT2D eigenvalue weighted by molar-refractivity contribution is 7.89. The van der Waals surface area contributed by atoms with Crippen molar-refractivity contribution < 1.29 is 18.3 Å². The largest absolute Gasteiger partial charge is 0.545 e. The molecular weight excluding hydrogens is 362 g/mol. The molecule has 6 heteroatoms. The monoisotopic (exact) mass is 380 g/mol. The molecule has 27 heavy (non-hydrogen) atoms. The van der Waals surface area contributed by atoms with Crippen LogP contribution in [0.5, 0.6) is 0 Å². The number of carboxylic acids is 1. The Balaban J connectivity index is 1.99. The second-order valence-electron chi connectivity index (χ2n) is 6.06. The summed E-state index contributed by atoms with van der Waals surface area (Å²) in [6.45, 7) is 0.348. The van der Waals surface area contributed by atoms with Crippen molar-refractivity contribution in [3.63, 3.8) is 0 Å². The molecule has 0 amide bonds. The van der Waals surface area contributed by atoms with Crippen LogP contribution in [0.25, 0.3) is 0 Å². The minimum Gasteiger partial charge on any atom is -0.545 e. The third kappa shape index (κ3) is 4.61. The molecule has 0 saturated heterocycles. The molecular formula is C21H18NO4S-. The summed E-state index contributed by atoms with van der Waals surface area (Å²) >= 11 is 0. The van der Waals surface area contributed by atoms with Crippen molar-refractivity contribution in [2.24, 2.45) is 0 Å². The number of nitrogens with zero attached hydrogens (tertiary/aromatic N) is 1. The molecule has 0 heterocycles. The molecule has 5 nitrogen and oxygen atoms in total. The highest BCUT2D eigenvalue weighted by atomic mass is 32.2. The Kier molecular flexibility index (Phi) is 5.69. The predicted octanol–water partition coefficient (Wildman–Crippen LogP) is 2.44. The van der Waals surface area contributed by atoms with Gasteiger partial charge in [0.25, 0.3) is 0 Å². The normalized spacial score (nSPS) is 11.4. The average Bonchev–Trinajstić information content (AvgIpc) is 2.69. The SMILES string of the molecule is O=C([O-])c1cccc(S(=O)(=O)N(Cc2ccccc2)Cc2ccccc2)c1. The smallest absolute Gasteiger partial charge is 0.243 e. The highest BCUT2D eigenvalue weighted by Gasteiger charge is 2.25. The van der Waals surface area contributed by atoms with Gasteiger partial charge in [0.2, 0.25) is 10.0 Å². The van der Waals surface area contributed by atoms with E-state index in [4.69, 9.17) is 0 Å². The summed E-state index contributed by atoms with van der Waals surface area (Å²) in [4.78, 5) is 11.0. The molecule has 0 radical (unpaired) electrons. The first kappa shape index (κ1) is 18.8. The molecule has 0 atom stereocenters. The fourth-order valence-corrected chi connectivity index (χ4v) is 4.20. The molecule has 0 bridgehead atoms. The van der Waals surface area contributed by atoms with Gasteiger partial charge in [-0.05, 0) is 28.8 Å². The second kappa shape index (κ2) is 8.16. The molecule has 138 valence electrons. The molecule has 0 aliphatic heterocycles. The number of rotatable bonds is 7. The van der Waals surface area contributed by atoms with E-state index in [2.05, 4.69) is 0 Å². The van der Waals surface area contributed by atoms with Crippen molar-refractivity contribution >= 4 is 16.0 Å². The molecule has 0 saturated carbocycles. The maximum atomic E-state index is 13.2. The summed E-state index contributed by atoms with van der Waals surface area (Å²) in [6, 6.07) is 23.8. The van der Waals surface area contributed by atoms with Crippen LogP contribution in [0.15, 0.2) is 89.8 Å². The van der Waals surface area contributed by atoms with Crippen LogP contribution in [0.3, 0.4) is 0 Å². The third-order valence-corrected chi connectivity index (χ3v) is 5.90. The number of hydrogen-bond acceptors (Lipinski definition) is 4. The second-order valence-corrected chi connectivity index (χ2v) is 8.00. The Morgan fingerprint density at radius 3 is 1.78 bits per heavy atom. The number of carbonyl (C=O) groups excluding carboxylic acids is 1. The maximum Gasteiger partial charge on any atom is 0.243 e. The van der Waals surface area contributed by atoms with E-state index in [1.54, 1.807) is 0 Å². The van der Waals surface area contributed by atoms with Gasteiger partial charge in [0, 0.05) is 13.1 Å². The van der Waals surface area contributed by atoms with E-state index in [0.717, 1.165) is 17.2 Å². The van der Waals surface area contributed by atoms with E-state index in [-0.39, 0.29) is 23.5 Å². The van der Waals surface area contributed by atoms with Gasteiger partial charge >= 0.3 is 0 Å². The lowest BCUT2D eigenvalue weighted by Gasteiger charge is -2.23. The molecule has 0 unspecified atom stereocenters. The van der Waals surface area contributed by atoms with Gasteiger partial charge in [-0.25, -0.2) is 8.42 Å². The molecule has 0 aromatic heterocycles. The van der Waals surface area contributed by atoms with Gasteiger partial charge < -0.3 is 9.90 Å². The van der Waals surface area contributed by atoms with Gasteiger partial charge in [-0.2, -0.15) is 4.31 Å². The summed E-state index contributed by atoms with van der Waals surface area (Å²) in [6.07, 6.45) is 0. The highest BCUT2D eigenvalue weighted by Crippen LogP contribution is 2.22. The van der Waals surface area contributed by atoms with E-state index >= 15 is 0 Å². The Hall–Kier alpha value is -2.96. The van der Waals surface area contributed by atoms with Gasteiger partial charge in [-0.3, -0.25) is 0 Å². The molecule has 0 aliphatic rings. The van der Waals surface area contributed by atoms with Crippen molar-refractivity contribution in [3.8, 4) is 0 Å². The number of hydrogen-bond donors (Lipinski definition) is 0. The minimum atomic E-state index is -3.91. The van der Waals surface area contributed by atoms with Crippen LogP contribution < -0.4 is 5.11 Å². The minimum absolute atomic E-state index is 0.0731. The maximum absolute atomic E-state index is 13.2. The number of carbonyl (C=O) groups is 1. The lowest BCUT2D eigenvalue weighted by molar-refractivity contribution is -0.255. The van der Waals surface area contributed by atoms with Crippen LogP contribution in [0.1, 0.15) is 21.5 Å². The first-order valence-corrected chi connectivity index (χ1v) is 9.80. The molecule has 0 aliphatic carbocycles. The van der Waals surface area contributed by atoms with Crippen LogP contribution in [-0.2, 0) is 23.1 Å². The van der Waals surface area contributed by atoms with Crippen LogP contribution in [-0.4, -0.2) is 18.7 Å². The van der Waals surface area contributed by atoms with Crippen LogP contribution >= 0.6 is 0 Å². The van der Waals surface area contributed by atoms with E-state index in [1.807, 2.05) is 60.7 Å². The predicted molar refractivity (Wildman–Crippen MR) is 100 cm³/mol. The fraction of sp³-hybridized carbons (Fsp3) is 0.0952. The Labute approximate surface area is 158 Å². The number of carboxylic acid groups (broad SMARTS) is 1. The van der Waals surface area contributed by atoms with Gasteiger partial charge in [0.15, 0.2) is 0 Å². The first-order chi connectivity index (χ1) is 13.0. The van der Waals surface area contributed by atoms with Gasteiger partial charge in [-0.15, -0.1) is 0 Å². The van der Waals surface area contributed by atoms with Gasteiger partial charge in [-0.1, -0.05) is 72.8 Å². The summed E-state index contributed by atoms with van der Waals surface area (Å²) in [7, 11) is -3.91. The molecule has 0 fully saturated rings. The van der Waals surface area contributed by atoms with E-state index in [1.165, 1.54) is 22.5 Å². The number of aromatic carboxylic acids is 1. The third-order valence-electron chi connectivity index (χ3n) is 4.11. The van der Waals surface area contributed by atoms with Crippen molar-refractivity contribution in [1.82, 2.24) is 4.31 Å². The molecule has 3 rings (SSSR count). The molecule has 0 N–H and O–H groups in total. The van der Waals surface area contributed by atoms with Gasteiger partial charge in [0.1, 0.15) is 0 Å². The lowest BCUT2D eigenvalue weighted by Crippen LogP contribution is -2.31. The topological polar surface area (TPSA) is 77.5 Å². The first-order valence-electron chi connectivity index (χ1n) is 8.36. The molecule has 3 aromatic rings. The van der Waals surface area contributed by atoms with E-state index in [0.29, 0.717) is 0 Å². The quantitative estimate of drug-likeness (QED) is 0.631. The zero-order valence-electron chi connectivity index (χ0n) is 14.5. The molecule has 0 spiro atoms. The zero-order valence-corrected chi connectivity index (χ0v) is 15.3. The fourth-order valence-electron chi connectivity index (χ4n) is 2.73. The summed E-state index contributed by atoms with van der Waals surface area (Å²) in [5, 5.41) is 11.1. The lowest BCUT2D eigenvalue weighted by atomic mass is 10.2. The molecule has 3 aromatic carbocycles. The van der Waals surface area contributed by atoms with Crippen LogP contribution in [0.2, 0.25) is 0 Å². The number of benzene rings is 3. The van der Waals surface area contributed by atoms with Crippen molar-refractivity contribution in [3.05, 3.63) is 102 Å². The Morgan fingerprint density at radius 1 is 0.778 bits per heavy atom. The summed E-state index contributed by atoms with van der Waals surface area (Å²) in [5.74, 6) is -1.41. The zero-order chi connectivity index (χ0) is 19.3. The standard InChI is InChI=1S/C21H19NO4S/c23-21(24)19-12-7-13-20(14-19)27(25,26)22(15-17-8-3-1-4-9-17)16-18-10-5-2-6-11-18/h1-14H,15-16H2,(H,23,24)/p-1. The van der Waals surface area contributed by atoms with Crippen molar-refractivity contribution in [2.45, 2.75) is 18.0 Å². The van der Waals surface area contributed by atoms with Crippen molar-refractivity contribution in [2.75, 3.05) is 0 Å². The van der Waals surface area contributed by atoms with Crippen molar-refractivity contribution in [1.29, 1.82) is 0 Å². The van der Waals surface area contributed by atoms with Crippen LogP contribution in [0, 0.1) is 0 Å². The van der Waals surface area contributed by atoms with E-state index in [9.17, 15) is 18.3 Å². The average molecular weight is 380 g/mol. The van der Waals surface area contributed by atoms with E-state index < -0.39 is 16.0 Å².